The van der Waals surface area contributed by atoms with Crippen LogP contribution in [0.1, 0.15) is 11.5 Å². The molecular weight excluding hydrogens is 254 g/mol. The minimum absolute atomic E-state index is 0.346. The van der Waals surface area contributed by atoms with E-state index in [1.54, 1.807) is 31.4 Å². The molecule has 1 aromatic rings. The SMILES string of the molecule is COc1ccc([C@@H]2[C@@H](S(C)(=O)=O)[C@]2(N)CO)cc1. The van der Waals surface area contributed by atoms with E-state index in [-0.39, 0.29) is 12.5 Å². The number of benzene rings is 1. The molecule has 0 aliphatic heterocycles. The molecule has 1 aromatic carbocycles. The van der Waals surface area contributed by atoms with Crippen molar-refractivity contribution in [3.8, 4) is 5.75 Å². The van der Waals surface area contributed by atoms with Gasteiger partial charge in [-0.05, 0) is 17.7 Å². The Bertz CT molecular complexity index is 540. The fraction of sp³-hybridized carbons (Fsp3) is 0.500. The van der Waals surface area contributed by atoms with Gasteiger partial charge in [-0.15, -0.1) is 0 Å². The van der Waals surface area contributed by atoms with Gasteiger partial charge in [0.1, 0.15) is 5.75 Å². The molecule has 2 rings (SSSR count). The van der Waals surface area contributed by atoms with Crippen molar-refractivity contribution >= 4 is 9.84 Å². The first-order valence-corrected chi connectivity index (χ1v) is 7.52. The minimum atomic E-state index is -3.28. The molecular formula is C12H17NO4S. The third-order valence-electron chi connectivity index (χ3n) is 3.51. The summed E-state index contributed by atoms with van der Waals surface area (Å²) >= 11 is 0. The van der Waals surface area contributed by atoms with Gasteiger partial charge in [-0.1, -0.05) is 12.1 Å². The maximum Gasteiger partial charge on any atom is 0.152 e. The molecule has 100 valence electrons. The van der Waals surface area contributed by atoms with E-state index >= 15 is 0 Å². The van der Waals surface area contributed by atoms with Gasteiger partial charge in [0.15, 0.2) is 9.84 Å². The van der Waals surface area contributed by atoms with Crippen LogP contribution >= 0.6 is 0 Å². The van der Waals surface area contributed by atoms with Gasteiger partial charge in [0.25, 0.3) is 0 Å². The monoisotopic (exact) mass is 271 g/mol. The van der Waals surface area contributed by atoms with Crippen molar-refractivity contribution in [2.75, 3.05) is 20.0 Å². The number of nitrogens with two attached hydrogens (primary N) is 1. The van der Waals surface area contributed by atoms with Gasteiger partial charge in [-0.25, -0.2) is 8.42 Å². The molecule has 0 radical (unpaired) electrons. The van der Waals surface area contributed by atoms with Crippen LogP contribution < -0.4 is 10.5 Å². The standard InChI is InChI=1S/C12H17NO4S/c1-17-9-5-3-8(4-6-9)10-11(18(2,15)16)12(10,13)7-14/h3-6,10-11,14H,7,13H2,1-2H3/t10-,11-,12+/m1/s1. The lowest BCUT2D eigenvalue weighted by atomic mass is 10.1. The first-order valence-electron chi connectivity index (χ1n) is 5.57. The number of ether oxygens (including phenoxy) is 1. The second-order valence-corrected chi connectivity index (χ2v) is 6.94. The van der Waals surface area contributed by atoms with Crippen LogP contribution in [0.2, 0.25) is 0 Å². The van der Waals surface area contributed by atoms with E-state index in [0.717, 1.165) is 11.8 Å². The second kappa shape index (κ2) is 4.22. The molecule has 1 aliphatic rings. The highest BCUT2D eigenvalue weighted by Gasteiger charge is 2.67. The van der Waals surface area contributed by atoms with Gasteiger partial charge in [-0.2, -0.15) is 0 Å². The maximum absolute atomic E-state index is 11.7. The molecule has 1 aliphatic carbocycles. The fourth-order valence-electron chi connectivity index (χ4n) is 2.55. The number of aliphatic hydroxyl groups is 1. The second-order valence-electron chi connectivity index (χ2n) is 4.77. The predicted molar refractivity (Wildman–Crippen MR) is 68.4 cm³/mol. The van der Waals surface area contributed by atoms with Crippen LogP contribution in [0.4, 0.5) is 0 Å². The van der Waals surface area contributed by atoms with E-state index in [9.17, 15) is 13.5 Å². The average molecular weight is 271 g/mol. The molecule has 1 saturated carbocycles. The van der Waals surface area contributed by atoms with Gasteiger partial charge in [0, 0.05) is 12.2 Å². The van der Waals surface area contributed by atoms with Crippen molar-refractivity contribution in [1.82, 2.24) is 0 Å². The summed E-state index contributed by atoms with van der Waals surface area (Å²) in [4.78, 5) is 0. The van der Waals surface area contributed by atoms with Crippen LogP contribution in [0.3, 0.4) is 0 Å². The molecule has 0 spiro atoms. The highest BCUT2D eigenvalue weighted by molar-refractivity contribution is 7.91. The van der Waals surface area contributed by atoms with Crippen LogP contribution in [-0.2, 0) is 9.84 Å². The van der Waals surface area contributed by atoms with E-state index in [0.29, 0.717) is 5.75 Å². The molecule has 3 N–H and O–H groups in total. The summed E-state index contributed by atoms with van der Waals surface area (Å²) in [7, 11) is -1.72. The fourth-order valence-corrected chi connectivity index (χ4v) is 4.40. The molecule has 0 saturated heterocycles. The number of aliphatic hydroxyl groups excluding tert-OH is 1. The molecule has 1 fully saturated rings. The predicted octanol–water partition coefficient (Wildman–Crippen LogP) is -0.105. The topological polar surface area (TPSA) is 89.6 Å². The third kappa shape index (κ3) is 2.00. The molecule has 0 bridgehead atoms. The number of sulfone groups is 1. The average Bonchev–Trinajstić information content (AvgIpc) is 2.97. The van der Waals surface area contributed by atoms with Crippen molar-refractivity contribution in [3.05, 3.63) is 29.8 Å². The summed E-state index contributed by atoms with van der Waals surface area (Å²) in [6, 6.07) is 7.08. The van der Waals surface area contributed by atoms with Crippen molar-refractivity contribution in [3.63, 3.8) is 0 Å². The summed E-state index contributed by atoms with van der Waals surface area (Å²) in [6.07, 6.45) is 1.15. The molecule has 0 amide bonds. The van der Waals surface area contributed by atoms with Gasteiger partial charge in [0.05, 0.1) is 24.5 Å². The zero-order chi connectivity index (χ0) is 13.6. The van der Waals surface area contributed by atoms with Crippen LogP contribution in [0, 0.1) is 0 Å². The Morgan fingerprint density at radius 2 is 1.94 bits per heavy atom. The quantitative estimate of drug-likeness (QED) is 0.798. The van der Waals surface area contributed by atoms with Crippen molar-refractivity contribution < 1.29 is 18.3 Å². The molecule has 0 unspecified atom stereocenters. The molecule has 6 heteroatoms. The van der Waals surface area contributed by atoms with E-state index in [2.05, 4.69) is 0 Å². The highest BCUT2D eigenvalue weighted by atomic mass is 32.2. The van der Waals surface area contributed by atoms with E-state index in [4.69, 9.17) is 10.5 Å². The van der Waals surface area contributed by atoms with Gasteiger partial charge in [0.2, 0.25) is 0 Å². The minimum Gasteiger partial charge on any atom is -0.497 e. The molecule has 3 atom stereocenters. The summed E-state index contributed by atoms with van der Waals surface area (Å²) < 4.78 is 28.4. The molecule has 5 nitrogen and oxygen atoms in total. The lowest BCUT2D eigenvalue weighted by Gasteiger charge is -2.07. The Morgan fingerprint density at radius 1 is 1.39 bits per heavy atom. The van der Waals surface area contributed by atoms with Crippen LogP contribution in [0.5, 0.6) is 5.75 Å². The van der Waals surface area contributed by atoms with Crippen LogP contribution in [0.25, 0.3) is 0 Å². The molecule has 18 heavy (non-hydrogen) atoms. The lowest BCUT2D eigenvalue weighted by Crippen LogP contribution is -2.34. The largest absolute Gasteiger partial charge is 0.497 e. The zero-order valence-corrected chi connectivity index (χ0v) is 11.1. The third-order valence-corrected chi connectivity index (χ3v) is 5.15. The first kappa shape index (κ1) is 13.3. The van der Waals surface area contributed by atoms with Gasteiger partial charge < -0.3 is 15.6 Å². The Hall–Kier alpha value is -1.11. The van der Waals surface area contributed by atoms with Crippen LogP contribution in [0.15, 0.2) is 24.3 Å². The normalized spacial score (nSPS) is 31.1. The van der Waals surface area contributed by atoms with Gasteiger partial charge in [-0.3, -0.25) is 0 Å². The number of hydrogen-bond acceptors (Lipinski definition) is 5. The zero-order valence-electron chi connectivity index (χ0n) is 10.3. The van der Waals surface area contributed by atoms with Crippen LogP contribution in [-0.4, -0.2) is 44.3 Å². The molecule has 0 heterocycles. The first-order chi connectivity index (χ1) is 8.34. The van der Waals surface area contributed by atoms with E-state index in [1.165, 1.54) is 0 Å². The number of rotatable bonds is 4. The van der Waals surface area contributed by atoms with E-state index in [1.807, 2.05) is 0 Å². The Morgan fingerprint density at radius 3 is 2.28 bits per heavy atom. The van der Waals surface area contributed by atoms with Gasteiger partial charge >= 0.3 is 0 Å². The Kier molecular flexibility index (Phi) is 3.12. The van der Waals surface area contributed by atoms with Crippen molar-refractivity contribution in [2.24, 2.45) is 5.73 Å². The van der Waals surface area contributed by atoms with E-state index < -0.39 is 20.6 Å². The summed E-state index contributed by atoms with van der Waals surface area (Å²) in [5, 5.41) is 8.60. The smallest absolute Gasteiger partial charge is 0.152 e. The molecule has 0 aromatic heterocycles. The summed E-state index contributed by atoms with van der Waals surface area (Å²) in [5.41, 5.74) is 5.70. The highest BCUT2D eigenvalue weighted by Crippen LogP contribution is 2.53. The number of methoxy groups -OCH3 is 1. The summed E-state index contributed by atoms with van der Waals surface area (Å²) in [6.45, 7) is -0.346. The Balaban J connectivity index is 2.33. The lowest BCUT2D eigenvalue weighted by molar-refractivity contribution is 0.253. The van der Waals surface area contributed by atoms with Crippen molar-refractivity contribution in [1.29, 1.82) is 0 Å². The summed E-state index contributed by atoms with van der Waals surface area (Å²) in [5.74, 6) is 0.338. The Labute approximate surface area is 106 Å². The van der Waals surface area contributed by atoms with Crippen molar-refractivity contribution in [2.45, 2.75) is 16.7 Å². The number of hydrogen-bond donors (Lipinski definition) is 2. The maximum atomic E-state index is 11.7.